The summed E-state index contributed by atoms with van der Waals surface area (Å²) in [6.45, 7) is 3.00. The number of benzene rings is 3. The number of aromatic nitrogens is 2. The average molecular weight is 1790 g/mol. The number of para-hydroxylation sites is 2. The summed E-state index contributed by atoms with van der Waals surface area (Å²) >= 11 is 0.769. The third-order valence-corrected chi connectivity index (χ3v) is 23.7. The van der Waals surface area contributed by atoms with Gasteiger partial charge in [-0.15, -0.1) is 11.8 Å². The molecule has 2 aromatic heterocycles. The molecule has 42 nitrogen and oxygen atoms in total. The van der Waals surface area contributed by atoms with Gasteiger partial charge in [-0.2, -0.15) is 0 Å². The number of hydrogen-bond donors (Lipinski definition) is 19. The van der Waals surface area contributed by atoms with Gasteiger partial charge in [0.25, 0.3) is 0 Å². The summed E-state index contributed by atoms with van der Waals surface area (Å²) in [5.41, 5.74) is 25.3. The molecule has 8 rings (SSSR count). The molecule has 5 heterocycles. The molecule has 3 fully saturated rings. The molecule has 43 heteroatoms. The van der Waals surface area contributed by atoms with E-state index in [2.05, 4.69) is 63.1 Å². The maximum Gasteiger partial charge on any atom is 0.246 e. The van der Waals surface area contributed by atoms with Crippen LogP contribution >= 0.6 is 11.8 Å². The number of thioether (sulfide) groups is 1. The smallest absolute Gasteiger partial charge is 0.246 e. The van der Waals surface area contributed by atoms with Crippen LogP contribution in [0.1, 0.15) is 121 Å². The number of fused-ring (bicyclic) bond motifs is 4. The first-order valence-electron chi connectivity index (χ1n) is 42.1. The second-order valence-electron chi connectivity index (χ2n) is 32.0. The first-order chi connectivity index (χ1) is 60.4. The summed E-state index contributed by atoms with van der Waals surface area (Å²) in [4.78, 5) is 269. The Morgan fingerprint density at radius 3 is 1.65 bits per heavy atom. The van der Waals surface area contributed by atoms with E-state index >= 15 is 28.8 Å². The molecule has 1 unspecified atom stereocenters. The number of amides is 18. The van der Waals surface area contributed by atoms with Gasteiger partial charge in [-0.3, -0.25) is 86.3 Å². The highest BCUT2D eigenvalue weighted by molar-refractivity contribution is 8.00. The highest BCUT2D eigenvalue weighted by Gasteiger charge is 2.46. The van der Waals surface area contributed by atoms with E-state index in [9.17, 15) is 72.9 Å². The number of likely N-dealkylation sites (N-methyl/N-ethyl adjacent to an activating group) is 3. The fourth-order valence-corrected chi connectivity index (χ4v) is 16.2. The number of aliphatic hydroxyl groups is 2. The molecule has 18 amide bonds. The Morgan fingerprint density at radius 2 is 1.05 bits per heavy atom. The zero-order valence-corrected chi connectivity index (χ0v) is 72.8. The second kappa shape index (κ2) is 47.0. The monoisotopic (exact) mass is 1790 g/mol. The maximum atomic E-state index is 15.6. The molecule has 0 bridgehead atoms. The Hall–Kier alpha value is -12.8. The number of aromatic amines is 2. The van der Waals surface area contributed by atoms with Gasteiger partial charge in [0.05, 0.1) is 31.4 Å². The first kappa shape index (κ1) is 99.7. The fraction of sp³-hybridized carbons (Fsp3) is 0.524. The number of carbonyl (C=O) groups excluding carboxylic acids is 18. The third-order valence-electron chi connectivity index (χ3n) is 22.7. The van der Waals surface area contributed by atoms with Crippen LogP contribution in [0.2, 0.25) is 0 Å². The van der Waals surface area contributed by atoms with Crippen molar-refractivity contribution in [2.45, 2.75) is 215 Å². The largest absolute Gasteiger partial charge is 0.508 e. The Kier molecular flexibility index (Phi) is 36.9. The Bertz CT molecular complexity index is 4840. The number of phenols is 1. The molecule has 0 aliphatic carbocycles. The molecule has 3 aliphatic heterocycles. The standard InChI is InChI=1S/C84H117N21O21S/c1-8-10-21-63-77(119)92-44(3)71(113)100-62(73(115)91-39-69(88)111)42-127-43-70(112)93-57(31-46-24-26-49(107)27-25-46)80(122)101(5)45(4)72(114)96-59(35-68(87)110)83(125)104-30-16-23-64(104)78(120)98-60(36-85)75(117)94-55(28-29-67(86)109)82(124)105-40-50(108)34-66(105)79(121)95-56(32-47-37-89-53-19-14-12-17-51(47)53)74(116)99-61(41-106)76(118)97-58(33-48-38-90-54-20-15-13-18-52(48)54)81(123)103(7)65(22-11-9-2)84(126)102(63)6/h12-15,17-20,24-27,37-38,44-45,50,55-66,89-90,106-108H,8-11,16,21-23,28-36,39-43,85H2,1-7H3,(H2,86,109)(H2,87,110)(H2,88,111)(H,91,115)(H,92,119)(H,93,112)(H,94,117)(H,95,121)(H,96,114)(H,97,118)(H,98,120)(H,99,116)(H,100,113)/t44-,45-,50+,55-,56-,57-,58-,59-,60-,61?,62-,63-,64-,65-,66-/m0/s1. The van der Waals surface area contributed by atoms with Gasteiger partial charge >= 0.3 is 0 Å². The number of nitrogens with one attached hydrogen (secondary N) is 12. The summed E-state index contributed by atoms with van der Waals surface area (Å²) in [5.74, 6) is -18.7. The molecule has 127 heavy (non-hydrogen) atoms. The number of primary amides is 3. The van der Waals surface area contributed by atoms with Crippen LogP contribution in [0.15, 0.2) is 85.2 Å². The lowest BCUT2D eigenvalue weighted by Crippen LogP contribution is -2.62. The van der Waals surface area contributed by atoms with E-state index < -0.39 is 260 Å². The minimum atomic E-state index is -1.91. The van der Waals surface area contributed by atoms with Crippen molar-refractivity contribution < 1.29 is 102 Å². The van der Waals surface area contributed by atoms with Crippen LogP contribution in [-0.2, 0) is 106 Å². The minimum Gasteiger partial charge on any atom is -0.508 e. The van der Waals surface area contributed by atoms with Crippen molar-refractivity contribution in [2.75, 3.05) is 65.4 Å². The predicted octanol–water partition coefficient (Wildman–Crippen LogP) is -4.96. The van der Waals surface area contributed by atoms with Crippen molar-refractivity contribution in [3.05, 3.63) is 102 Å². The van der Waals surface area contributed by atoms with Crippen LogP contribution in [0.5, 0.6) is 5.75 Å². The van der Waals surface area contributed by atoms with Crippen LogP contribution in [0, 0.1) is 0 Å². The SMILES string of the molecule is CCCC[C@H]1C(=O)N(C)[C@@H](CCCC)C(=O)N[C@@H](C)C(=O)N[C@H](C(=O)NCC(N)=O)CSCC(=O)N[C@@H](Cc2ccc(O)cc2)C(=O)N(C)[C@@H](C)C(=O)N[C@@H](CC(N)=O)C(=O)N2CCC[C@H]2C(=O)N[C@@H](CN)C(=O)N[C@@H](CCC(N)=O)C(=O)N2C[C@H](O)C[C@H]2C(=O)N[C@@H](Cc2c[nH]c3ccccc23)C(=O)NC(CO)C(=O)N[C@@H](Cc2c[nH]c3ccccc23)C(=O)N1C. The Balaban J connectivity index is 1.16. The lowest BCUT2D eigenvalue weighted by molar-refractivity contribution is -0.149. The van der Waals surface area contributed by atoms with Crippen LogP contribution in [-0.4, -0.2) is 312 Å². The van der Waals surface area contributed by atoms with E-state index in [4.69, 9.17) is 22.9 Å². The summed E-state index contributed by atoms with van der Waals surface area (Å²) in [5, 5.41) is 59.2. The molecule has 15 atom stereocenters. The van der Waals surface area contributed by atoms with Crippen molar-refractivity contribution in [1.29, 1.82) is 0 Å². The van der Waals surface area contributed by atoms with Gasteiger partial charge in [-0.05, 0) is 86.9 Å². The van der Waals surface area contributed by atoms with E-state index in [1.54, 1.807) is 60.9 Å². The van der Waals surface area contributed by atoms with Crippen molar-refractivity contribution in [1.82, 2.24) is 87.6 Å². The highest BCUT2D eigenvalue weighted by Crippen LogP contribution is 2.27. The number of H-pyrrole nitrogens is 2. The number of aliphatic hydroxyl groups excluding tert-OH is 2. The maximum absolute atomic E-state index is 15.6. The number of hydrogen-bond acceptors (Lipinski definition) is 23. The lowest BCUT2D eigenvalue weighted by atomic mass is 10.00. The molecule has 3 saturated heterocycles. The van der Waals surface area contributed by atoms with E-state index in [1.165, 1.54) is 59.3 Å². The molecule has 5 aromatic rings. The molecule has 0 radical (unpaired) electrons. The third kappa shape index (κ3) is 27.1. The Labute approximate surface area is 736 Å². The molecule has 23 N–H and O–H groups in total. The molecule has 3 aliphatic rings. The van der Waals surface area contributed by atoms with Gasteiger partial charge in [0, 0.05) is 113 Å². The molecular weight excluding hydrogens is 1670 g/mol. The minimum absolute atomic E-state index is 0.00419. The number of nitrogens with zero attached hydrogens (tertiary/aromatic N) is 5. The van der Waals surface area contributed by atoms with Crippen molar-refractivity contribution >= 4 is 140 Å². The van der Waals surface area contributed by atoms with Gasteiger partial charge in [-0.25, -0.2) is 0 Å². The van der Waals surface area contributed by atoms with Crippen LogP contribution in [0.4, 0.5) is 0 Å². The van der Waals surface area contributed by atoms with Crippen molar-refractivity contribution in [3.8, 4) is 5.75 Å². The zero-order chi connectivity index (χ0) is 93.2. The van der Waals surface area contributed by atoms with Gasteiger partial charge in [0.2, 0.25) is 106 Å². The quantitative estimate of drug-likeness (QED) is 0.0309. The number of nitrogens with two attached hydrogens (primary N) is 4. The summed E-state index contributed by atoms with van der Waals surface area (Å²) < 4.78 is 0. The number of phenolic OH excluding ortho intramolecular Hbond substituents is 1. The van der Waals surface area contributed by atoms with Crippen LogP contribution in [0.3, 0.4) is 0 Å². The predicted molar refractivity (Wildman–Crippen MR) is 462 cm³/mol. The van der Waals surface area contributed by atoms with Crippen molar-refractivity contribution in [2.24, 2.45) is 22.9 Å². The number of carbonyl (C=O) groups is 18. The van der Waals surface area contributed by atoms with Gasteiger partial charge < -0.3 is 126 Å². The van der Waals surface area contributed by atoms with E-state index in [0.717, 1.165) is 36.3 Å². The molecule has 3 aromatic carbocycles. The number of rotatable bonds is 22. The van der Waals surface area contributed by atoms with Crippen molar-refractivity contribution in [3.63, 3.8) is 0 Å². The molecular formula is C84H117N21O21S. The second-order valence-corrected chi connectivity index (χ2v) is 33.0. The average Bonchev–Trinajstić information content (AvgIpc) is 1.68. The van der Waals surface area contributed by atoms with Gasteiger partial charge in [0.15, 0.2) is 0 Å². The summed E-state index contributed by atoms with van der Waals surface area (Å²) in [6.07, 6.45) is 0.256. The first-order valence-corrected chi connectivity index (χ1v) is 43.2. The summed E-state index contributed by atoms with van der Waals surface area (Å²) in [6, 6.07) is -2.82. The number of aromatic hydroxyl groups is 1. The molecule has 690 valence electrons. The van der Waals surface area contributed by atoms with Gasteiger partial charge in [-0.1, -0.05) is 88.1 Å². The van der Waals surface area contributed by atoms with Crippen LogP contribution < -0.4 is 76.1 Å². The van der Waals surface area contributed by atoms with Gasteiger partial charge in [0.1, 0.15) is 90.3 Å². The van der Waals surface area contributed by atoms with E-state index in [-0.39, 0.29) is 57.2 Å². The van der Waals surface area contributed by atoms with E-state index in [1.807, 2.05) is 13.8 Å². The topological polar surface area (TPSA) is 640 Å². The zero-order valence-electron chi connectivity index (χ0n) is 71.9. The molecule has 0 spiro atoms. The summed E-state index contributed by atoms with van der Waals surface area (Å²) in [7, 11) is 3.87. The fourth-order valence-electron chi connectivity index (χ4n) is 15.4. The van der Waals surface area contributed by atoms with Crippen LogP contribution in [0.25, 0.3) is 21.8 Å². The number of unbranched alkanes of at least 4 members (excludes halogenated alkanes) is 2. The molecule has 0 saturated carbocycles. The lowest BCUT2D eigenvalue weighted by Gasteiger charge is -2.36. The van der Waals surface area contributed by atoms with E-state index in [0.29, 0.717) is 64.2 Å². The highest BCUT2D eigenvalue weighted by atomic mass is 32.2. The Morgan fingerprint density at radius 1 is 0.520 bits per heavy atom. The normalized spacial score (nSPS) is 25.6.